The largest absolute Gasteiger partial charge is 0.319 e. The zero-order valence-electron chi connectivity index (χ0n) is 15.8. The number of amides is 1. The van der Waals surface area contributed by atoms with E-state index in [1.54, 1.807) is 40.1 Å². The lowest BCUT2D eigenvalue weighted by Crippen LogP contribution is -2.13. The summed E-state index contributed by atoms with van der Waals surface area (Å²) in [5.41, 5.74) is 4.88. The first-order valence-electron chi connectivity index (χ1n) is 8.79. The number of rotatable bonds is 4. The van der Waals surface area contributed by atoms with Gasteiger partial charge in [-0.3, -0.25) is 4.79 Å². The summed E-state index contributed by atoms with van der Waals surface area (Å²) in [6.07, 6.45) is 6.66. The monoisotopic (exact) mass is 373 g/mol. The second kappa shape index (κ2) is 7.07. The molecule has 8 heteroatoms. The molecule has 0 saturated heterocycles. The number of nitrogens with one attached hydrogen (secondary N) is 1. The molecule has 3 heterocycles. The van der Waals surface area contributed by atoms with E-state index >= 15 is 0 Å². The maximum absolute atomic E-state index is 12.6. The van der Waals surface area contributed by atoms with Crippen LogP contribution in [0.15, 0.2) is 55.1 Å². The average Bonchev–Trinajstić information content (AvgIpc) is 3.34. The highest BCUT2D eigenvalue weighted by Gasteiger charge is 2.12. The van der Waals surface area contributed by atoms with E-state index in [0.717, 1.165) is 22.6 Å². The van der Waals surface area contributed by atoms with E-state index in [1.165, 1.54) is 0 Å². The molecule has 0 fully saturated rings. The van der Waals surface area contributed by atoms with E-state index in [2.05, 4.69) is 25.5 Å². The van der Waals surface area contributed by atoms with Crippen molar-refractivity contribution in [3.8, 4) is 11.6 Å². The van der Waals surface area contributed by atoms with Crippen molar-refractivity contribution >= 4 is 11.6 Å². The maximum atomic E-state index is 12.6. The predicted molar refractivity (Wildman–Crippen MR) is 105 cm³/mol. The van der Waals surface area contributed by atoms with Crippen LogP contribution in [-0.2, 0) is 0 Å². The Morgan fingerprint density at radius 1 is 1.07 bits per heavy atom. The van der Waals surface area contributed by atoms with Crippen LogP contribution < -0.4 is 5.32 Å². The number of aryl methyl sites for hydroxylation is 1. The fraction of sp³-hybridized carbons (Fsp3) is 0.150. The summed E-state index contributed by atoms with van der Waals surface area (Å²) in [5, 5.41) is 11.4. The summed E-state index contributed by atoms with van der Waals surface area (Å²) in [7, 11) is 0. The van der Waals surface area contributed by atoms with Crippen LogP contribution in [0.5, 0.6) is 0 Å². The molecule has 1 aromatic carbocycles. The molecule has 0 aliphatic carbocycles. The lowest BCUT2D eigenvalue weighted by Gasteiger charge is -2.08. The lowest BCUT2D eigenvalue weighted by molar-refractivity contribution is 0.102. The topological polar surface area (TPSA) is 90.5 Å². The van der Waals surface area contributed by atoms with Gasteiger partial charge >= 0.3 is 0 Å². The summed E-state index contributed by atoms with van der Waals surface area (Å²) in [5.74, 6) is 0.222. The van der Waals surface area contributed by atoms with E-state index < -0.39 is 0 Å². The molecule has 8 nitrogen and oxygen atoms in total. The lowest BCUT2D eigenvalue weighted by atomic mass is 10.2. The van der Waals surface area contributed by atoms with Gasteiger partial charge in [-0.15, -0.1) is 0 Å². The molecule has 4 aromatic rings. The summed E-state index contributed by atoms with van der Waals surface area (Å²) in [6.45, 7) is 5.94. The van der Waals surface area contributed by atoms with E-state index in [4.69, 9.17) is 0 Å². The number of aromatic nitrogens is 6. The number of hydrogen-bond donors (Lipinski definition) is 1. The van der Waals surface area contributed by atoms with E-state index in [0.29, 0.717) is 17.2 Å². The zero-order chi connectivity index (χ0) is 19.7. The van der Waals surface area contributed by atoms with Crippen LogP contribution >= 0.6 is 0 Å². The van der Waals surface area contributed by atoms with Crippen LogP contribution in [0.3, 0.4) is 0 Å². The predicted octanol–water partition coefficient (Wildman–Crippen LogP) is 3.03. The first-order chi connectivity index (χ1) is 13.5. The maximum Gasteiger partial charge on any atom is 0.255 e. The van der Waals surface area contributed by atoms with E-state index in [-0.39, 0.29) is 5.91 Å². The van der Waals surface area contributed by atoms with Crippen molar-refractivity contribution in [1.82, 2.24) is 29.5 Å². The van der Waals surface area contributed by atoms with Gasteiger partial charge in [-0.1, -0.05) is 6.07 Å². The minimum atomic E-state index is -0.243. The standard InChI is InChI=1S/C20H19N7O/c1-13-14(2)25-27(15(13)3)20-21-11-17(12-22-20)24-19(28)16-6-4-7-18(10-16)26-9-5-8-23-26/h4-12H,1-3H3,(H,24,28). The van der Waals surface area contributed by atoms with Gasteiger partial charge in [0.1, 0.15) is 0 Å². The molecule has 0 saturated carbocycles. The smallest absolute Gasteiger partial charge is 0.255 e. The molecule has 4 rings (SSSR count). The third-order valence-electron chi connectivity index (χ3n) is 4.62. The van der Waals surface area contributed by atoms with Crippen molar-refractivity contribution in [1.29, 1.82) is 0 Å². The Balaban J connectivity index is 1.52. The fourth-order valence-electron chi connectivity index (χ4n) is 2.82. The van der Waals surface area contributed by atoms with Gasteiger partial charge in [-0.25, -0.2) is 19.3 Å². The molecule has 0 radical (unpaired) electrons. The molecule has 0 bridgehead atoms. The molecule has 0 spiro atoms. The highest BCUT2D eigenvalue weighted by molar-refractivity contribution is 6.04. The van der Waals surface area contributed by atoms with Crippen LogP contribution in [0.25, 0.3) is 11.6 Å². The Morgan fingerprint density at radius 3 is 2.50 bits per heavy atom. The second-order valence-corrected chi connectivity index (χ2v) is 6.43. The van der Waals surface area contributed by atoms with Crippen molar-refractivity contribution in [3.63, 3.8) is 0 Å². The number of benzene rings is 1. The molecule has 0 atom stereocenters. The molecule has 0 aliphatic heterocycles. The van der Waals surface area contributed by atoms with Crippen molar-refractivity contribution in [2.75, 3.05) is 5.32 Å². The van der Waals surface area contributed by atoms with Gasteiger partial charge in [0.15, 0.2) is 0 Å². The Hall–Kier alpha value is -3.81. The number of hydrogen-bond acceptors (Lipinski definition) is 5. The van der Waals surface area contributed by atoms with Crippen LogP contribution in [0, 0.1) is 20.8 Å². The molecule has 0 unspecified atom stereocenters. The zero-order valence-corrected chi connectivity index (χ0v) is 15.8. The molecular formula is C20H19N7O. The Morgan fingerprint density at radius 2 is 1.86 bits per heavy atom. The SMILES string of the molecule is Cc1nn(-c2ncc(NC(=O)c3cccc(-n4cccn4)c3)cn2)c(C)c1C. The molecular weight excluding hydrogens is 354 g/mol. The van der Waals surface area contributed by atoms with Gasteiger partial charge in [-0.2, -0.15) is 10.2 Å². The highest BCUT2D eigenvalue weighted by atomic mass is 16.1. The van der Waals surface area contributed by atoms with E-state index in [9.17, 15) is 4.79 Å². The van der Waals surface area contributed by atoms with Crippen LogP contribution in [0.1, 0.15) is 27.3 Å². The van der Waals surface area contributed by atoms with Gasteiger partial charge in [0.2, 0.25) is 0 Å². The van der Waals surface area contributed by atoms with Crippen LogP contribution in [0.2, 0.25) is 0 Å². The fourth-order valence-corrected chi connectivity index (χ4v) is 2.82. The van der Waals surface area contributed by atoms with E-state index in [1.807, 2.05) is 45.2 Å². The summed E-state index contributed by atoms with van der Waals surface area (Å²) in [4.78, 5) is 21.2. The van der Waals surface area contributed by atoms with Gasteiger partial charge in [-0.05, 0) is 50.6 Å². The Bertz CT molecular complexity index is 1130. The Kier molecular flexibility index (Phi) is 4.44. The van der Waals surface area contributed by atoms with Gasteiger partial charge < -0.3 is 5.32 Å². The normalized spacial score (nSPS) is 10.8. The number of carbonyl (C=O) groups is 1. The Labute approximate surface area is 161 Å². The summed E-state index contributed by atoms with van der Waals surface area (Å²) < 4.78 is 3.40. The third-order valence-corrected chi connectivity index (χ3v) is 4.62. The molecule has 1 N–H and O–H groups in total. The molecule has 140 valence electrons. The first kappa shape index (κ1) is 17.6. The number of nitrogens with zero attached hydrogens (tertiary/aromatic N) is 6. The second-order valence-electron chi connectivity index (χ2n) is 6.43. The van der Waals surface area contributed by atoms with Crippen molar-refractivity contribution in [2.24, 2.45) is 0 Å². The van der Waals surface area contributed by atoms with Gasteiger partial charge in [0.25, 0.3) is 11.9 Å². The highest BCUT2D eigenvalue weighted by Crippen LogP contribution is 2.16. The van der Waals surface area contributed by atoms with Crippen LogP contribution in [0.4, 0.5) is 5.69 Å². The van der Waals surface area contributed by atoms with Crippen molar-refractivity contribution in [2.45, 2.75) is 20.8 Å². The third kappa shape index (κ3) is 3.27. The minimum Gasteiger partial charge on any atom is -0.319 e. The molecule has 0 aliphatic rings. The quantitative estimate of drug-likeness (QED) is 0.594. The number of anilines is 1. The van der Waals surface area contributed by atoms with Crippen molar-refractivity contribution in [3.05, 3.63) is 77.6 Å². The van der Waals surface area contributed by atoms with Crippen LogP contribution in [-0.4, -0.2) is 35.4 Å². The average molecular weight is 373 g/mol. The number of carbonyl (C=O) groups excluding carboxylic acids is 1. The first-order valence-corrected chi connectivity index (χ1v) is 8.79. The minimum absolute atomic E-state index is 0.243. The molecule has 1 amide bonds. The summed E-state index contributed by atoms with van der Waals surface area (Å²) in [6, 6.07) is 9.05. The van der Waals surface area contributed by atoms with Crippen molar-refractivity contribution < 1.29 is 4.79 Å². The summed E-state index contributed by atoms with van der Waals surface area (Å²) >= 11 is 0. The molecule has 28 heavy (non-hydrogen) atoms. The van der Waals surface area contributed by atoms with Gasteiger partial charge in [0, 0.05) is 23.7 Å². The molecule has 3 aromatic heterocycles. The van der Waals surface area contributed by atoms with Gasteiger partial charge in [0.05, 0.1) is 29.5 Å².